The Morgan fingerprint density at radius 2 is 1.30 bits per heavy atom. The van der Waals surface area contributed by atoms with Crippen LogP contribution in [0.4, 0.5) is 9.59 Å². The van der Waals surface area contributed by atoms with E-state index in [4.69, 9.17) is 14.2 Å². The van der Waals surface area contributed by atoms with Gasteiger partial charge in [0.2, 0.25) is 5.69 Å². The van der Waals surface area contributed by atoms with Crippen molar-refractivity contribution in [2.45, 2.75) is 148 Å². The van der Waals surface area contributed by atoms with Gasteiger partial charge in [0.15, 0.2) is 18.0 Å². The molecule has 1 aromatic heterocycles. The zero-order valence-corrected chi connectivity index (χ0v) is 30.9. The molecule has 2 N–H and O–H groups in total. The van der Waals surface area contributed by atoms with Gasteiger partial charge in [0.25, 0.3) is 0 Å². The number of carbonyl (C=O) groups excluding carboxylic acids is 3. The number of pyridine rings is 1. The quantitative estimate of drug-likeness (QED) is 0.0578. The summed E-state index contributed by atoms with van der Waals surface area (Å²) < 4.78 is 19.0. The van der Waals surface area contributed by atoms with Crippen LogP contribution in [-0.4, -0.2) is 49.9 Å². The van der Waals surface area contributed by atoms with Crippen LogP contribution in [0.5, 0.6) is 0 Å². The average Bonchev–Trinajstić information content (AvgIpc) is 3.62. The summed E-state index contributed by atoms with van der Waals surface area (Å²) >= 11 is 0. The lowest BCUT2D eigenvalue weighted by Gasteiger charge is -2.27. The van der Waals surface area contributed by atoms with Gasteiger partial charge in [-0.15, -0.1) is 0 Å². The third kappa shape index (κ3) is 15.6. The molecule has 1 saturated heterocycles. The highest BCUT2D eigenvalue weighted by Crippen LogP contribution is 2.27. The minimum Gasteiger partial charge on any atom is -0.446 e. The van der Waals surface area contributed by atoms with Crippen LogP contribution in [-0.2, 0) is 20.8 Å². The summed E-state index contributed by atoms with van der Waals surface area (Å²) in [7, 11) is 0. The number of Topliss-reactive ketones (excluding diaryl/α,β-unsaturated/α-hetero) is 1. The molecule has 1 fully saturated rings. The Labute approximate surface area is 301 Å². The fraction of sp³-hybridized carbons (Fsp3) is 0.659. The minimum atomic E-state index is -0.946. The molecule has 9 heteroatoms. The molecular formula is C41H64N3O6+. The molecule has 0 bridgehead atoms. The van der Waals surface area contributed by atoms with E-state index in [-0.39, 0.29) is 19.0 Å². The van der Waals surface area contributed by atoms with Gasteiger partial charge in [0.05, 0.1) is 0 Å². The normalized spacial score (nSPS) is 16.1. The van der Waals surface area contributed by atoms with E-state index < -0.39 is 23.8 Å². The van der Waals surface area contributed by atoms with E-state index in [2.05, 4.69) is 17.6 Å². The van der Waals surface area contributed by atoms with Crippen LogP contribution >= 0.6 is 0 Å². The van der Waals surface area contributed by atoms with E-state index in [1.807, 2.05) is 42.0 Å². The van der Waals surface area contributed by atoms with Gasteiger partial charge in [-0.05, 0) is 26.2 Å². The van der Waals surface area contributed by atoms with Crippen LogP contribution in [0.2, 0.25) is 0 Å². The number of hydrogen-bond acceptors (Lipinski definition) is 6. The van der Waals surface area contributed by atoms with Crippen molar-refractivity contribution in [1.29, 1.82) is 0 Å². The highest BCUT2D eigenvalue weighted by molar-refractivity contribution is 6.01. The first-order valence-corrected chi connectivity index (χ1v) is 19.5. The van der Waals surface area contributed by atoms with Crippen LogP contribution in [0.3, 0.4) is 0 Å². The maximum Gasteiger partial charge on any atom is 0.408 e. The van der Waals surface area contributed by atoms with Gasteiger partial charge in [-0.1, -0.05) is 140 Å². The molecule has 0 spiro atoms. The SMILES string of the molecule is CCCCCCCCCCCCCCCCCCNC(=O)OCC1(COC(=O)NC(C(=O)c2ccccc2)c2cccc[n+]2CC)CCCO1. The fourth-order valence-electron chi connectivity index (χ4n) is 6.58. The maximum absolute atomic E-state index is 13.5. The van der Waals surface area contributed by atoms with Crippen LogP contribution in [0, 0.1) is 0 Å². The second-order valence-corrected chi connectivity index (χ2v) is 13.7. The first-order chi connectivity index (χ1) is 24.5. The van der Waals surface area contributed by atoms with Crippen LogP contribution in [0.25, 0.3) is 0 Å². The highest BCUT2D eigenvalue weighted by Gasteiger charge is 2.39. The average molecular weight is 695 g/mol. The fourth-order valence-corrected chi connectivity index (χ4v) is 6.58. The largest absolute Gasteiger partial charge is 0.446 e. The smallest absolute Gasteiger partial charge is 0.408 e. The summed E-state index contributed by atoms with van der Waals surface area (Å²) in [4.78, 5) is 39.1. The number of alkyl carbamates (subject to hydrolysis) is 2. The van der Waals surface area contributed by atoms with Crippen molar-refractivity contribution >= 4 is 18.0 Å². The van der Waals surface area contributed by atoms with E-state index in [9.17, 15) is 14.4 Å². The molecule has 0 saturated carbocycles. The van der Waals surface area contributed by atoms with Crippen molar-refractivity contribution in [3.05, 3.63) is 66.0 Å². The van der Waals surface area contributed by atoms with Crippen molar-refractivity contribution in [1.82, 2.24) is 10.6 Å². The molecule has 2 aromatic rings. The first-order valence-electron chi connectivity index (χ1n) is 19.5. The van der Waals surface area contributed by atoms with Gasteiger partial charge in [-0.25, -0.2) is 14.2 Å². The number of unbranched alkanes of at least 4 members (excludes halogenated alkanes) is 15. The number of nitrogens with zero attached hydrogens (tertiary/aromatic N) is 1. The molecule has 0 radical (unpaired) electrons. The summed E-state index contributed by atoms with van der Waals surface area (Å²) in [5, 5.41) is 5.62. The Bertz CT molecular complexity index is 1230. The van der Waals surface area contributed by atoms with Crippen molar-refractivity contribution in [3.63, 3.8) is 0 Å². The molecule has 50 heavy (non-hydrogen) atoms. The predicted octanol–water partition coefficient (Wildman–Crippen LogP) is 9.18. The third-order valence-corrected chi connectivity index (χ3v) is 9.61. The number of aryl methyl sites for hydroxylation is 1. The van der Waals surface area contributed by atoms with E-state index in [0.29, 0.717) is 37.4 Å². The van der Waals surface area contributed by atoms with Gasteiger partial charge < -0.3 is 24.8 Å². The molecule has 2 atom stereocenters. The van der Waals surface area contributed by atoms with Gasteiger partial charge in [-0.2, -0.15) is 0 Å². The topological polar surface area (TPSA) is 107 Å². The minimum absolute atomic E-state index is 0.0219. The number of ether oxygens (including phenoxy) is 3. The number of aromatic nitrogens is 1. The van der Waals surface area contributed by atoms with Crippen LogP contribution in [0.1, 0.15) is 152 Å². The van der Waals surface area contributed by atoms with Crippen molar-refractivity contribution < 1.29 is 33.2 Å². The summed E-state index contributed by atoms with van der Waals surface area (Å²) in [6.45, 7) is 5.81. The number of nitrogens with one attached hydrogen (secondary N) is 2. The Morgan fingerprint density at radius 1 is 0.740 bits per heavy atom. The van der Waals surface area contributed by atoms with Crippen LogP contribution < -0.4 is 15.2 Å². The molecule has 3 rings (SSSR count). The number of amides is 2. The standard InChI is InChI=1S/C41H63N3O6/c1-3-5-6-7-8-9-10-11-12-13-14-15-16-17-18-23-30-42-39(46)48-33-41(29-25-32-50-41)34-49-40(47)43-37(36-28-22-24-31-44(36)4-2)38(45)35-26-20-19-21-27-35/h19-22,24,26-28,31,37H,3-18,23,25,29-30,32-34H2,1-2H3,(H-,42,43,46,47)/p+1. The molecule has 1 aromatic carbocycles. The maximum atomic E-state index is 13.5. The second-order valence-electron chi connectivity index (χ2n) is 13.7. The molecular weight excluding hydrogens is 630 g/mol. The van der Waals surface area contributed by atoms with Crippen molar-refractivity contribution in [3.8, 4) is 0 Å². The monoisotopic (exact) mass is 694 g/mol. The lowest BCUT2D eigenvalue weighted by Crippen LogP contribution is -2.47. The van der Waals surface area contributed by atoms with E-state index in [0.717, 1.165) is 19.3 Å². The molecule has 1 aliphatic heterocycles. The van der Waals surface area contributed by atoms with Crippen LogP contribution in [0.15, 0.2) is 54.7 Å². The number of rotatable bonds is 26. The van der Waals surface area contributed by atoms with Gasteiger partial charge >= 0.3 is 12.2 Å². The summed E-state index contributed by atoms with van der Waals surface area (Å²) in [5.74, 6) is -0.243. The molecule has 1 aliphatic rings. The lowest BCUT2D eigenvalue weighted by atomic mass is 10.0. The molecule has 9 nitrogen and oxygen atoms in total. The molecule has 2 heterocycles. The number of carbonyl (C=O) groups is 3. The molecule has 2 amide bonds. The zero-order chi connectivity index (χ0) is 35.7. The Morgan fingerprint density at radius 3 is 1.86 bits per heavy atom. The van der Waals surface area contributed by atoms with E-state index in [1.54, 1.807) is 24.3 Å². The van der Waals surface area contributed by atoms with Gasteiger partial charge in [0, 0.05) is 30.8 Å². The molecule has 0 aliphatic carbocycles. The van der Waals surface area contributed by atoms with Crippen molar-refractivity contribution in [2.75, 3.05) is 26.4 Å². The Balaban J connectivity index is 1.30. The zero-order valence-electron chi connectivity index (χ0n) is 30.9. The van der Waals surface area contributed by atoms with Gasteiger partial charge in [-0.3, -0.25) is 4.79 Å². The van der Waals surface area contributed by atoms with E-state index >= 15 is 0 Å². The summed E-state index contributed by atoms with van der Waals surface area (Å²) in [5.41, 5.74) is 0.216. The molecule has 2 unspecified atom stereocenters. The highest BCUT2D eigenvalue weighted by atomic mass is 16.6. The Hall–Kier alpha value is -3.46. The predicted molar refractivity (Wildman–Crippen MR) is 197 cm³/mol. The first kappa shape index (κ1) is 41.0. The summed E-state index contributed by atoms with van der Waals surface area (Å²) in [6, 6.07) is 13.5. The second kappa shape index (κ2) is 24.6. The number of benzene rings is 1. The molecule has 278 valence electrons. The van der Waals surface area contributed by atoms with Gasteiger partial charge in [0.1, 0.15) is 25.4 Å². The number of hydrogen-bond donors (Lipinski definition) is 2. The Kier molecular flexibility index (Phi) is 20.2. The van der Waals surface area contributed by atoms with E-state index in [1.165, 1.54) is 89.9 Å². The lowest BCUT2D eigenvalue weighted by molar-refractivity contribution is -0.701. The number of ketones is 1. The van der Waals surface area contributed by atoms with Crippen molar-refractivity contribution in [2.24, 2.45) is 0 Å². The summed E-state index contributed by atoms with van der Waals surface area (Å²) in [6.07, 6.45) is 22.9. The third-order valence-electron chi connectivity index (χ3n) is 9.61.